The number of carboxylic acid groups (broad SMARTS) is 1. The van der Waals surface area contributed by atoms with Crippen LogP contribution in [0.2, 0.25) is 0 Å². The minimum absolute atomic E-state index is 0.454. The van der Waals surface area contributed by atoms with Crippen LogP contribution in [0.15, 0.2) is 0 Å². The number of carbonyl (C=O) groups is 1. The predicted octanol–water partition coefficient (Wildman–Crippen LogP) is 1.87. The summed E-state index contributed by atoms with van der Waals surface area (Å²) in [6.45, 7) is 6.96. The Bertz CT molecular complexity index is 278. The SMILES string of the molecule is CCCC1(C(=O)O)CCCN1CC(C)(O)CC. The molecule has 0 spiro atoms. The van der Waals surface area contributed by atoms with Gasteiger partial charge in [0.25, 0.3) is 0 Å². The van der Waals surface area contributed by atoms with Gasteiger partial charge in [-0.1, -0.05) is 20.3 Å². The third-order valence-corrected chi connectivity index (χ3v) is 3.98. The van der Waals surface area contributed by atoms with Gasteiger partial charge in [-0.2, -0.15) is 0 Å². The second-order valence-electron chi connectivity index (χ2n) is 5.46. The van der Waals surface area contributed by atoms with Crippen molar-refractivity contribution in [2.75, 3.05) is 13.1 Å². The molecule has 0 amide bonds. The minimum Gasteiger partial charge on any atom is -0.480 e. The minimum atomic E-state index is -0.793. The van der Waals surface area contributed by atoms with Crippen LogP contribution >= 0.6 is 0 Å². The average Bonchev–Trinajstić information content (AvgIpc) is 2.63. The van der Waals surface area contributed by atoms with Gasteiger partial charge in [0.1, 0.15) is 5.54 Å². The number of aliphatic carboxylic acids is 1. The molecule has 1 saturated heterocycles. The van der Waals surface area contributed by atoms with Crippen LogP contribution in [0.4, 0.5) is 0 Å². The number of carboxylic acids is 1. The summed E-state index contributed by atoms with van der Waals surface area (Å²) in [7, 11) is 0. The molecule has 1 fully saturated rings. The summed E-state index contributed by atoms with van der Waals surface area (Å²) in [6.07, 6.45) is 3.78. The summed E-state index contributed by atoms with van der Waals surface area (Å²) in [5.74, 6) is -0.733. The van der Waals surface area contributed by atoms with E-state index in [-0.39, 0.29) is 0 Å². The first-order valence-electron chi connectivity index (χ1n) is 6.59. The summed E-state index contributed by atoms with van der Waals surface area (Å²) < 4.78 is 0. The molecule has 2 N–H and O–H groups in total. The average molecular weight is 243 g/mol. The first-order chi connectivity index (χ1) is 7.88. The topological polar surface area (TPSA) is 60.8 Å². The van der Waals surface area contributed by atoms with E-state index < -0.39 is 17.1 Å². The molecule has 1 heterocycles. The largest absolute Gasteiger partial charge is 0.480 e. The molecule has 0 radical (unpaired) electrons. The molecule has 1 aliphatic heterocycles. The third-order valence-electron chi connectivity index (χ3n) is 3.98. The van der Waals surface area contributed by atoms with Gasteiger partial charge in [-0.25, -0.2) is 0 Å². The maximum atomic E-state index is 11.6. The quantitative estimate of drug-likeness (QED) is 0.747. The Morgan fingerprint density at radius 1 is 1.47 bits per heavy atom. The van der Waals surface area contributed by atoms with Crippen LogP contribution in [0, 0.1) is 0 Å². The van der Waals surface area contributed by atoms with Crippen molar-refractivity contribution < 1.29 is 15.0 Å². The van der Waals surface area contributed by atoms with Gasteiger partial charge in [-0.05, 0) is 39.2 Å². The molecule has 0 saturated carbocycles. The van der Waals surface area contributed by atoms with E-state index in [1.807, 2.05) is 18.7 Å². The van der Waals surface area contributed by atoms with Crippen molar-refractivity contribution in [2.45, 2.75) is 64.0 Å². The standard InChI is InChI=1S/C13H25NO3/c1-4-7-13(11(15)16)8-6-9-14(13)10-12(3,17)5-2/h17H,4-10H2,1-3H3,(H,15,16). The molecule has 0 aromatic heterocycles. The van der Waals surface area contributed by atoms with Gasteiger partial charge in [0.2, 0.25) is 0 Å². The number of hydrogen-bond acceptors (Lipinski definition) is 3. The third kappa shape index (κ3) is 2.99. The van der Waals surface area contributed by atoms with Crippen LogP contribution in [0.3, 0.4) is 0 Å². The second kappa shape index (κ2) is 5.36. The molecule has 2 unspecified atom stereocenters. The lowest BCUT2D eigenvalue weighted by atomic mass is 9.89. The molecule has 4 nitrogen and oxygen atoms in total. The van der Waals surface area contributed by atoms with Gasteiger partial charge in [0.15, 0.2) is 0 Å². The van der Waals surface area contributed by atoms with Crippen molar-refractivity contribution in [1.82, 2.24) is 4.90 Å². The Kier molecular flexibility index (Phi) is 4.55. The lowest BCUT2D eigenvalue weighted by molar-refractivity contribution is -0.152. The maximum Gasteiger partial charge on any atom is 0.324 e. The molecule has 0 bridgehead atoms. The summed E-state index contributed by atoms with van der Waals surface area (Å²) in [6, 6.07) is 0. The van der Waals surface area contributed by atoms with Crippen LogP contribution in [-0.2, 0) is 4.79 Å². The zero-order valence-corrected chi connectivity index (χ0v) is 11.2. The molecule has 0 aliphatic carbocycles. The number of likely N-dealkylation sites (tertiary alicyclic amines) is 1. The van der Waals surface area contributed by atoms with Crippen LogP contribution < -0.4 is 0 Å². The Labute approximate surface area is 104 Å². The summed E-state index contributed by atoms with van der Waals surface area (Å²) in [5.41, 5.74) is -1.54. The van der Waals surface area contributed by atoms with Crippen molar-refractivity contribution >= 4 is 5.97 Å². The van der Waals surface area contributed by atoms with Gasteiger partial charge >= 0.3 is 5.97 Å². The van der Waals surface area contributed by atoms with Crippen molar-refractivity contribution in [1.29, 1.82) is 0 Å². The van der Waals surface area contributed by atoms with E-state index in [0.717, 1.165) is 19.4 Å². The summed E-state index contributed by atoms with van der Waals surface area (Å²) in [4.78, 5) is 13.5. The van der Waals surface area contributed by atoms with Gasteiger partial charge in [0.05, 0.1) is 5.60 Å². The van der Waals surface area contributed by atoms with E-state index in [4.69, 9.17) is 0 Å². The van der Waals surface area contributed by atoms with Crippen molar-refractivity contribution in [3.8, 4) is 0 Å². The van der Waals surface area contributed by atoms with Gasteiger partial charge in [-0.15, -0.1) is 0 Å². The highest BCUT2D eigenvalue weighted by molar-refractivity contribution is 5.79. The van der Waals surface area contributed by atoms with E-state index in [1.165, 1.54) is 0 Å². The van der Waals surface area contributed by atoms with E-state index in [0.29, 0.717) is 25.8 Å². The van der Waals surface area contributed by atoms with Crippen LogP contribution in [0.1, 0.15) is 52.9 Å². The van der Waals surface area contributed by atoms with Crippen LogP contribution in [0.5, 0.6) is 0 Å². The first kappa shape index (κ1) is 14.5. The second-order valence-corrected chi connectivity index (χ2v) is 5.46. The molecule has 100 valence electrons. The zero-order valence-electron chi connectivity index (χ0n) is 11.2. The highest BCUT2D eigenvalue weighted by atomic mass is 16.4. The molecule has 0 aromatic carbocycles. The fourth-order valence-corrected chi connectivity index (χ4v) is 2.73. The van der Waals surface area contributed by atoms with Gasteiger partial charge in [0, 0.05) is 6.54 Å². The van der Waals surface area contributed by atoms with E-state index in [9.17, 15) is 15.0 Å². The molecule has 17 heavy (non-hydrogen) atoms. The highest BCUT2D eigenvalue weighted by Crippen LogP contribution is 2.35. The molecule has 2 atom stereocenters. The molecular formula is C13H25NO3. The number of aliphatic hydroxyl groups is 1. The van der Waals surface area contributed by atoms with E-state index >= 15 is 0 Å². The Morgan fingerprint density at radius 2 is 2.12 bits per heavy atom. The van der Waals surface area contributed by atoms with E-state index in [2.05, 4.69) is 0 Å². The maximum absolute atomic E-state index is 11.6. The summed E-state index contributed by atoms with van der Waals surface area (Å²) in [5, 5.41) is 19.6. The number of β-amino-alcohol motifs (C(OH)–C–C–N with tert-alkyl or cyclic N) is 1. The molecule has 1 aliphatic rings. The fourth-order valence-electron chi connectivity index (χ4n) is 2.73. The Hall–Kier alpha value is -0.610. The van der Waals surface area contributed by atoms with Crippen LogP contribution in [0.25, 0.3) is 0 Å². The fraction of sp³-hybridized carbons (Fsp3) is 0.923. The molecular weight excluding hydrogens is 218 g/mol. The van der Waals surface area contributed by atoms with E-state index in [1.54, 1.807) is 6.92 Å². The number of nitrogens with zero attached hydrogens (tertiary/aromatic N) is 1. The monoisotopic (exact) mass is 243 g/mol. The van der Waals surface area contributed by atoms with Gasteiger partial charge in [-0.3, -0.25) is 9.69 Å². The highest BCUT2D eigenvalue weighted by Gasteiger charge is 2.48. The number of hydrogen-bond donors (Lipinski definition) is 2. The zero-order chi connectivity index (χ0) is 13.1. The predicted molar refractivity (Wildman–Crippen MR) is 67.0 cm³/mol. The van der Waals surface area contributed by atoms with Gasteiger partial charge < -0.3 is 10.2 Å². The molecule has 1 rings (SSSR count). The summed E-state index contributed by atoms with van der Waals surface area (Å²) >= 11 is 0. The van der Waals surface area contributed by atoms with Crippen LogP contribution in [-0.4, -0.2) is 45.3 Å². The normalized spacial score (nSPS) is 29.2. The van der Waals surface area contributed by atoms with Crippen molar-refractivity contribution in [3.05, 3.63) is 0 Å². The Balaban J connectivity index is 2.85. The van der Waals surface area contributed by atoms with Crippen molar-refractivity contribution in [3.63, 3.8) is 0 Å². The lowest BCUT2D eigenvalue weighted by Gasteiger charge is -2.38. The van der Waals surface area contributed by atoms with Crippen molar-refractivity contribution in [2.24, 2.45) is 0 Å². The smallest absolute Gasteiger partial charge is 0.324 e. The molecule has 0 aromatic rings. The Morgan fingerprint density at radius 3 is 2.59 bits per heavy atom. The lowest BCUT2D eigenvalue weighted by Crippen LogP contribution is -2.54. The number of rotatable bonds is 6. The first-order valence-corrected chi connectivity index (χ1v) is 6.59. The molecule has 4 heteroatoms.